The predicted octanol–water partition coefficient (Wildman–Crippen LogP) is 1.65. The highest BCUT2D eigenvalue weighted by Crippen LogP contribution is 2.22. The maximum absolute atomic E-state index is 9.87. The molecule has 0 aromatic heterocycles. The van der Waals surface area contributed by atoms with Gasteiger partial charge in [0.05, 0.1) is 18.8 Å². The van der Waals surface area contributed by atoms with E-state index in [4.69, 9.17) is 4.74 Å². The number of likely N-dealkylation sites (N-methyl/N-ethyl adjacent to an activating group) is 1. The minimum absolute atomic E-state index is 0.136. The van der Waals surface area contributed by atoms with Gasteiger partial charge in [-0.05, 0) is 33.7 Å². The second-order valence-corrected chi connectivity index (χ2v) is 4.82. The number of nitrogens with zero attached hydrogens (tertiary/aromatic N) is 1. The number of hydrogen-bond donors (Lipinski definition) is 1. The smallest absolute Gasteiger partial charge is 0.0695 e. The van der Waals surface area contributed by atoms with Crippen LogP contribution in [0.3, 0.4) is 0 Å². The third-order valence-electron chi connectivity index (χ3n) is 3.16. The van der Waals surface area contributed by atoms with Crippen LogP contribution in [-0.4, -0.2) is 48.5 Å². The van der Waals surface area contributed by atoms with E-state index in [0.29, 0.717) is 12.1 Å². The van der Waals surface area contributed by atoms with Crippen LogP contribution in [0.1, 0.15) is 39.5 Å². The van der Waals surface area contributed by atoms with Gasteiger partial charge >= 0.3 is 0 Å². The zero-order valence-corrected chi connectivity index (χ0v) is 10.3. The molecule has 0 spiro atoms. The Labute approximate surface area is 93.4 Å². The van der Waals surface area contributed by atoms with Gasteiger partial charge in [0.15, 0.2) is 0 Å². The first kappa shape index (κ1) is 12.9. The molecular formula is C12H25NO2. The van der Waals surface area contributed by atoms with Crippen LogP contribution in [-0.2, 0) is 4.74 Å². The van der Waals surface area contributed by atoms with Crippen LogP contribution in [0.2, 0.25) is 0 Å². The Morgan fingerprint density at radius 1 is 1.33 bits per heavy atom. The van der Waals surface area contributed by atoms with E-state index in [-0.39, 0.29) is 6.10 Å². The molecule has 0 unspecified atom stereocenters. The van der Waals surface area contributed by atoms with E-state index >= 15 is 0 Å². The van der Waals surface area contributed by atoms with Gasteiger partial charge in [-0.1, -0.05) is 12.8 Å². The van der Waals surface area contributed by atoms with Crippen LogP contribution < -0.4 is 0 Å². The molecular weight excluding hydrogens is 190 g/mol. The minimum Gasteiger partial charge on any atom is -0.391 e. The van der Waals surface area contributed by atoms with E-state index < -0.39 is 0 Å². The molecule has 0 heterocycles. The zero-order valence-electron chi connectivity index (χ0n) is 10.3. The molecule has 1 saturated carbocycles. The first-order valence-corrected chi connectivity index (χ1v) is 6.11. The fraction of sp³-hybridized carbons (Fsp3) is 1.00. The van der Waals surface area contributed by atoms with Gasteiger partial charge in [-0.3, -0.25) is 4.90 Å². The largest absolute Gasteiger partial charge is 0.391 e. The van der Waals surface area contributed by atoms with Crippen LogP contribution in [0.15, 0.2) is 0 Å². The van der Waals surface area contributed by atoms with Gasteiger partial charge in [0.1, 0.15) is 0 Å². The predicted molar refractivity (Wildman–Crippen MR) is 62.0 cm³/mol. The molecule has 1 aliphatic rings. The monoisotopic (exact) mass is 215 g/mol. The van der Waals surface area contributed by atoms with Crippen molar-refractivity contribution in [3.05, 3.63) is 0 Å². The van der Waals surface area contributed by atoms with Gasteiger partial charge in [-0.2, -0.15) is 0 Å². The molecule has 1 N–H and O–H groups in total. The van der Waals surface area contributed by atoms with Gasteiger partial charge in [-0.25, -0.2) is 0 Å². The summed E-state index contributed by atoms with van der Waals surface area (Å²) in [6.45, 7) is 5.78. The lowest BCUT2D eigenvalue weighted by molar-refractivity contribution is 0.00704. The molecule has 0 aromatic rings. The molecule has 3 heteroatoms. The lowest BCUT2D eigenvalue weighted by Gasteiger charge is -2.35. The van der Waals surface area contributed by atoms with Gasteiger partial charge in [0.2, 0.25) is 0 Å². The molecule has 2 atom stereocenters. The van der Waals surface area contributed by atoms with Crippen LogP contribution in [0.4, 0.5) is 0 Å². The second-order valence-electron chi connectivity index (χ2n) is 4.82. The average molecular weight is 215 g/mol. The molecule has 0 aliphatic heterocycles. The Kier molecular flexibility index (Phi) is 5.58. The molecule has 1 fully saturated rings. The number of hydrogen-bond acceptors (Lipinski definition) is 3. The zero-order chi connectivity index (χ0) is 11.3. The molecule has 15 heavy (non-hydrogen) atoms. The Bertz CT molecular complexity index is 173. The number of aliphatic hydroxyl groups is 1. The molecule has 0 radical (unpaired) electrons. The van der Waals surface area contributed by atoms with Gasteiger partial charge in [0.25, 0.3) is 0 Å². The highest BCUT2D eigenvalue weighted by Gasteiger charge is 2.26. The summed E-state index contributed by atoms with van der Waals surface area (Å²) in [5, 5.41) is 9.87. The van der Waals surface area contributed by atoms with Crippen LogP contribution in [0.25, 0.3) is 0 Å². The summed E-state index contributed by atoms with van der Waals surface area (Å²) in [7, 11) is 2.09. The van der Waals surface area contributed by atoms with Crippen LogP contribution in [0.5, 0.6) is 0 Å². The number of aliphatic hydroxyl groups excluding tert-OH is 1. The number of ether oxygens (including phenoxy) is 1. The first-order valence-electron chi connectivity index (χ1n) is 6.11. The van der Waals surface area contributed by atoms with Crippen LogP contribution >= 0.6 is 0 Å². The Hall–Kier alpha value is -0.120. The Balaban J connectivity index is 2.22. The van der Waals surface area contributed by atoms with Crippen molar-refractivity contribution in [3.8, 4) is 0 Å². The van der Waals surface area contributed by atoms with Gasteiger partial charge in [-0.15, -0.1) is 0 Å². The molecule has 3 nitrogen and oxygen atoms in total. The van der Waals surface area contributed by atoms with E-state index in [1.54, 1.807) is 0 Å². The molecule has 0 bridgehead atoms. The molecule has 0 saturated heterocycles. The van der Waals surface area contributed by atoms with E-state index in [1.165, 1.54) is 12.8 Å². The van der Waals surface area contributed by atoms with Gasteiger partial charge in [0, 0.05) is 12.6 Å². The average Bonchev–Trinajstić information content (AvgIpc) is 2.17. The highest BCUT2D eigenvalue weighted by atomic mass is 16.5. The number of rotatable bonds is 5. The fourth-order valence-electron chi connectivity index (χ4n) is 2.20. The molecule has 90 valence electrons. The van der Waals surface area contributed by atoms with Gasteiger partial charge < -0.3 is 9.84 Å². The summed E-state index contributed by atoms with van der Waals surface area (Å²) < 4.78 is 5.52. The maximum Gasteiger partial charge on any atom is 0.0695 e. The third kappa shape index (κ3) is 4.49. The SMILES string of the molecule is CC(C)OCCN(C)[C@@H]1CCCC[C@H]1O. The highest BCUT2D eigenvalue weighted by molar-refractivity contribution is 4.81. The van der Waals surface area contributed by atoms with Crippen molar-refractivity contribution in [1.29, 1.82) is 0 Å². The third-order valence-corrected chi connectivity index (χ3v) is 3.16. The summed E-state index contributed by atoms with van der Waals surface area (Å²) in [4.78, 5) is 2.24. The van der Waals surface area contributed by atoms with Crippen molar-refractivity contribution in [2.75, 3.05) is 20.2 Å². The fourth-order valence-corrected chi connectivity index (χ4v) is 2.20. The van der Waals surface area contributed by atoms with E-state index in [0.717, 1.165) is 26.0 Å². The molecule has 1 aliphatic carbocycles. The lowest BCUT2D eigenvalue weighted by Crippen LogP contribution is -2.44. The molecule has 0 amide bonds. The quantitative estimate of drug-likeness (QED) is 0.757. The van der Waals surface area contributed by atoms with E-state index in [9.17, 15) is 5.11 Å². The van der Waals surface area contributed by atoms with Crippen molar-refractivity contribution in [2.24, 2.45) is 0 Å². The van der Waals surface area contributed by atoms with E-state index in [2.05, 4.69) is 25.8 Å². The van der Waals surface area contributed by atoms with E-state index in [1.807, 2.05) is 0 Å². The minimum atomic E-state index is -0.136. The topological polar surface area (TPSA) is 32.7 Å². The Morgan fingerprint density at radius 2 is 2.00 bits per heavy atom. The van der Waals surface area contributed by atoms with Crippen molar-refractivity contribution in [3.63, 3.8) is 0 Å². The summed E-state index contributed by atoms with van der Waals surface area (Å²) in [5.74, 6) is 0. The summed E-state index contributed by atoms with van der Waals surface area (Å²) in [6.07, 6.45) is 4.67. The standard InChI is InChI=1S/C12H25NO2/c1-10(2)15-9-8-13(3)11-6-4-5-7-12(11)14/h10-12,14H,4-9H2,1-3H3/t11-,12-/m1/s1. The van der Waals surface area contributed by atoms with Crippen LogP contribution in [0, 0.1) is 0 Å². The van der Waals surface area contributed by atoms with Crippen molar-refractivity contribution < 1.29 is 9.84 Å². The second kappa shape index (κ2) is 6.46. The lowest BCUT2D eigenvalue weighted by atomic mass is 9.92. The van der Waals surface area contributed by atoms with Crippen molar-refractivity contribution in [2.45, 2.75) is 57.8 Å². The summed E-state index contributed by atoms with van der Waals surface area (Å²) in [5.41, 5.74) is 0. The Morgan fingerprint density at radius 3 is 2.60 bits per heavy atom. The summed E-state index contributed by atoms with van der Waals surface area (Å²) in [6, 6.07) is 0.342. The first-order chi connectivity index (χ1) is 7.11. The van der Waals surface area contributed by atoms with Crippen molar-refractivity contribution in [1.82, 2.24) is 4.90 Å². The summed E-state index contributed by atoms with van der Waals surface area (Å²) >= 11 is 0. The molecule has 1 rings (SSSR count). The normalized spacial score (nSPS) is 27.6. The van der Waals surface area contributed by atoms with Crippen molar-refractivity contribution >= 4 is 0 Å². The molecule has 0 aromatic carbocycles. The maximum atomic E-state index is 9.87.